The molecule has 1 fully saturated rings. The molecule has 5 aromatic carbocycles. The first kappa shape index (κ1) is 45.6. The van der Waals surface area contributed by atoms with Crippen LogP contribution in [-0.4, -0.2) is 65.1 Å². The van der Waals surface area contributed by atoms with Gasteiger partial charge in [0.25, 0.3) is 0 Å². The predicted molar refractivity (Wildman–Crippen MR) is 254 cm³/mol. The third-order valence-electron chi connectivity index (χ3n) is 13.1. The fourth-order valence-corrected chi connectivity index (χ4v) is 10.3. The van der Waals surface area contributed by atoms with Crippen LogP contribution in [0.4, 0.5) is 4.79 Å². The fourth-order valence-electron chi connectivity index (χ4n) is 10.3. The molecule has 10 heteroatoms. The summed E-state index contributed by atoms with van der Waals surface area (Å²) >= 11 is 0. The van der Waals surface area contributed by atoms with Crippen LogP contribution < -0.4 is 9.47 Å². The Morgan fingerprint density at radius 1 is 0.831 bits per heavy atom. The van der Waals surface area contributed by atoms with E-state index in [2.05, 4.69) is 43.0 Å². The summed E-state index contributed by atoms with van der Waals surface area (Å²) in [5.74, 6) is 0.144. The Labute approximate surface area is 383 Å². The number of aliphatic hydroxyl groups excluding tert-OH is 2. The molecular formula is C55H62N2O8. The summed E-state index contributed by atoms with van der Waals surface area (Å²) in [6.07, 6.45) is 9.22. The first-order valence-corrected chi connectivity index (χ1v) is 23.3. The number of hydrogen-bond acceptors (Lipinski definition) is 9. The molecule has 0 unspecified atom stereocenters. The van der Waals surface area contributed by atoms with Gasteiger partial charge in [-0.15, -0.1) is 6.58 Å². The number of carbonyl (C=O) groups is 1. The number of nitrogens with zero attached hydrogens (tertiary/aromatic N) is 2. The van der Waals surface area contributed by atoms with Gasteiger partial charge in [-0.1, -0.05) is 128 Å². The molecule has 0 bridgehead atoms. The minimum Gasteiger partial charge on any atom is -0.459 e. The fraction of sp³-hybridized carbons (Fsp3) is 0.382. The van der Waals surface area contributed by atoms with Crippen LogP contribution in [0.1, 0.15) is 80.9 Å². The third kappa shape index (κ3) is 10.3. The summed E-state index contributed by atoms with van der Waals surface area (Å²) in [5.41, 5.74) is 4.55. The quantitative estimate of drug-likeness (QED) is 0.0425. The molecule has 10 nitrogen and oxygen atoms in total. The van der Waals surface area contributed by atoms with Gasteiger partial charge >= 0.3 is 6.09 Å². The van der Waals surface area contributed by atoms with Crippen molar-refractivity contribution in [3.8, 4) is 17.2 Å². The Kier molecular flexibility index (Phi) is 15.3. The largest absolute Gasteiger partial charge is 0.459 e. The van der Waals surface area contributed by atoms with Crippen molar-refractivity contribution in [2.45, 2.75) is 89.3 Å². The van der Waals surface area contributed by atoms with Crippen LogP contribution in [0.5, 0.6) is 17.2 Å². The Morgan fingerprint density at radius 2 is 1.51 bits per heavy atom. The number of rotatable bonds is 21. The second-order valence-corrected chi connectivity index (χ2v) is 17.4. The molecule has 0 aromatic heterocycles. The molecule has 1 saturated carbocycles. The first-order valence-electron chi connectivity index (χ1n) is 23.3. The van der Waals surface area contributed by atoms with Crippen molar-refractivity contribution >= 4 is 22.6 Å². The normalized spacial score (nSPS) is 22.5. The number of amides is 1. The molecule has 0 radical (unpaired) electrons. The van der Waals surface area contributed by atoms with Crippen LogP contribution in [-0.2, 0) is 27.5 Å². The van der Waals surface area contributed by atoms with Crippen molar-refractivity contribution in [1.29, 1.82) is 0 Å². The van der Waals surface area contributed by atoms with Gasteiger partial charge in [0.1, 0.15) is 36.5 Å². The SMILES string of the molecule is C=CCO[C@@]12Oc3ccc(Oc4ccc5ccccc5c4)cc3[C@H]3[C@H](CCCCO)[C@@H](CCCCO)C=C(C(=NOCc4ccccc4)C[C@@H]1N(CCC)C(=O)OCc1ccccc1)[C@H]32. The zero-order valence-electron chi connectivity index (χ0n) is 37.4. The molecule has 0 spiro atoms. The van der Waals surface area contributed by atoms with E-state index in [0.29, 0.717) is 37.3 Å². The molecular weight excluding hydrogens is 817 g/mol. The van der Waals surface area contributed by atoms with E-state index < -0.39 is 23.8 Å². The van der Waals surface area contributed by atoms with Gasteiger partial charge in [0.2, 0.25) is 5.79 Å². The molecule has 2 N–H and O–H groups in total. The number of carbonyl (C=O) groups excluding carboxylic acids is 1. The summed E-state index contributed by atoms with van der Waals surface area (Å²) in [6.45, 7) is 7.25. The van der Waals surface area contributed by atoms with Crippen molar-refractivity contribution in [2.75, 3.05) is 26.4 Å². The molecule has 65 heavy (non-hydrogen) atoms. The van der Waals surface area contributed by atoms with Gasteiger partial charge in [-0.2, -0.15) is 0 Å². The second kappa shape index (κ2) is 21.8. The maximum atomic E-state index is 14.7. The highest BCUT2D eigenvalue weighted by atomic mass is 16.7. The zero-order valence-corrected chi connectivity index (χ0v) is 37.4. The van der Waals surface area contributed by atoms with E-state index in [4.69, 9.17) is 28.9 Å². The lowest BCUT2D eigenvalue weighted by Gasteiger charge is -2.59. The summed E-state index contributed by atoms with van der Waals surface area (Å²) in [7, 11) is 0. The number of fused-ring (bicyclic) bond motifs is 3. The lowest BCUT2D eigenvalue weighted by Crippen LogP contribution is -2.70. The number of ether oxygens (including phenoxy) is 4. The van der Waals surface area contributed by atoms with Gasteiger partial charge in [0, 0.05) is 37.7 Å². The van der Waals surface area contributed by atoms with Crippen LogP contribution >= 0.6 is 0 Å². The Morgan fingerprint density at radius 3 is 2.23 bits per heavy atom. The average molecular weight is 879 g/mol. The van der Waals surface area contributed by atoms with Gasteiger partial charge in [0.05, 0.1) is 18.2 Å². The lowest BCUT2D eigenvalue weighted by atomic mass is 9.55. The number of aliphatic hydroxyl groups is 2. The van der Waals surface area contributed by atoms with Crippen molar-refractivity contribution in [2.24, 2.45) is 22.9 Å². The van der Waals surface area contributed by atoms with Crippen molar-refractivity contribution in [3.63, 3.8) is 0 Å². The number of oxime groups is 1. The maximum absolute atomic E-state index is 14.7. The number of unbranched alkanes of at least 4 members (excludes halogenated alkanes) is 2. The molecule has 5 aromatic rings. The topological polar surface area (TPSA) is 119 Å². The highest BCUT2D eigenvalue weighted by Gasteiger charge is 2.65. The minimum absolute atomic E-state index is 0.0640. The van der Waals surface area contributed by atoms with Gasteiger partial charge < -0.3 is 34.0 Å². The second-order valence-electron chi connectivity index (χ2n) is 17.4. The van der Waals surface area contributed by atoms with E-state index in [1.165, 1.54) is 0 Å². The monoisotopic (exact) mass is 878 g/mol. The molecule has 1 aliphatic heterocycles. The summed E-state index contributed by atoms with van der Waals surface area (Å²) in [6, 6.07) is 39.3. The molecule has 340 valence electrons. The van der Waals surface area contributed by atoms with Gasteiger partial charge in [0.15, 0.2) is 0 Å². The van der Waals surface area contributed by atoms with E-state index >= 15 is 0 Å². The van der Waals surface area contributed by atoms with Crippen LogP contribution in [0.25, 0.3) is 10.8 Å². The molecule has 6 atom stereocenters. The van der Waals surface area contributed by atoms with E-state index in [1.54, 1.807) is 11.0 Å². The Bertz CT molecular complexity index is 2420. The summed E-state index contributed by atoms with van der Waals surface area (Å²) in [5, 5.41) is 27.2. The van der Waals surface area contributed by atoms with Crippen LogP contribution in [0, 0.1) is 17.8 Å². The van der Waals surface area contributed by atoms with E-state index in [-0.39, 0.29) is 57.2 Å². The molecule has 0 saturated heterocycles. The van der Waals surface area contributed by atoms with Gasteiger partial charge in [-0.25, -0.2) is 4.79 Å². The van der Waals surface area contributed by atoms with Crippen molar-refractivity contribution in [3.05, 3.63) is 162 Å². The molecule has 8 rings (SSSR count). The van der Waals surface area contributed by atoms with E-state index in [1.807, 2.05) is 97.9 Å². The van der Waals surface area contributed by atoms with Crippen LogP contribution in [0.2, 0.25) is 0 Å². The number of benzene rings is 5. The first-order chi connectivity index (χ1) is 32.0. The van der Waals surface area contributed by atoms with Crippen LogP contribution in [0.15, 0.2) is 151 Å². The lowest BCUT2D eigenvalue weighted by molar-refractivity contribution is -0.255. The highest BCUT2D eigenvalue weighted by Crippen LogP contribution is 2.62. The summed E-state index contributed by atoms with van der Waals surface area (Å²) in [4.78, 5) is 22.7. The molecule has 3 aliphatic rings. The average Bonchev–Trinajstić information content (AvgIpc) is 3.34. The Hall–Kier alpha value is -5.94. The van der Waals surface area contributed by atoms with Gasteiger partial charge in [-0.05, 0) is 102 Å². The molecule has 2 aliphatic carbocycles. The standard InChI is InChI=1S/C55H62N2O8/c1-3-29-57(54(60)61-37-39-17-7-5-8-18-39)51-36-49(56-63-38-40-19-9-6-10-20-40)47-34-43(23-13-15-30-58)46(24-14-16-31-59)52-48-35-45(64-44-26-25-41-21-11-12-22-42(41)33-44)27-28-50(48)65-55(51,53(47)52)62-32-4-2/h4-12,17-22,25-28,33-35,43,46,51-53,58-59H,2-3,13-16,23-24,29-32,36-38H2,1H3/t43-,46+,51-,52+,53+,55+/m0/s1. The molecule has 1 amide bonds. The van der Waals surface area contributed by atoms with Crippen molar-refractivity contribution in [1.82, 2.24) is 4.90 Å². The minimum atomic E-state index is -1.40. The van der Waals surface area contributed by atoms with Crippen molar-refractivity contribution < 1.29 is 38.8 Å². The molecule has 1 heterocycles. The van der Waals surface area contributed by atoms with Crippen LogP contribution in [0.3, 0.4) is 0 Å². The number of allylic oxidation sites excluding steroid dienone is 1. The Balaban J connectivity index is 1.29. The highest BCUT2D eigenvalue weighted by molar-refractivity contribution is 6.03. The maximum Gasteiger partial charge on any atom is 0.410 e. The van der Waals surface area contributed by atoms with E-state index in [0.717, 1.165) is 70.2 Å². The predicted octanol–water partition coefficient (Wildman–Crippen LogP) is 11.5. The van der Waals surface area contributed by atoms with E-state index in [9.17, 15) is 15.0 Å². The zero-order chi connectivity index (χ0) is 45.0. The van der Waals surface area contributed by atoms with Gasteiger partial charge in [-0.3, -0.25) is 4.90 Å². The number of hydrogen-bond donors (Lipinski definition) is 2. The summed E-state index contributed by atoms with van der Waals surface area (Å²) < 4.78 is 27.4. The third-order valence-corrected chi connectivity index (χ3v) is 13.1. The smallest absolute Gasteiger partial charge is 0.410 e.